The van der Waals surface area contributed by atoms with E-state index in [4.69, 9.17) is 4.52 Å². The number of piperazine rings is 1. The van der Waals surface area contributed by atoms with E-state index < -0.39 is 0 Å². The van der Waals surface area contributed by atoms with Crippen LogP contribution in [0.5, 0.6) is 0 Å². The Labute approximate surface area is 159 Å². The van der Waals surface area contributed by atoms with Gasteiger partial charge in [0.15, 0.2) is 0 Å². The van der Waals surface area contributed by atoms with Crippen molar-refractivity contribution in [2.24, 2.45) is 0 Å². The van der Waals surface area contributed by atoms with Gasteiger partial charge in [-0.15, -0.1) is 0 Å². The fourth-order valence-corrected chi connectivity index (χ4v) is 3.17. The van der Waals surface area contributed by atoms with Crippen LogP contribution in [0.4, 0.5) is 0 Å². The average molecular weight is 370 g/mol. The van der Waals surface area contributed by atoms with Crippen molar-refractivity contribution in [3.8, 4) is 0 Å². The smallest absolute Gasteiger partial charge is 0.251 e. The molecule has 144 valence electrons. The van der Waals surface area contributed by atoms with E-state index in [1.165, 1.54) is 0 Å². The molecule has 0 bridgehead atoms. The van der Waals surface area contributed by atoms with Gasteiger partial charge in [-0.3, -0.25) is 14.5 Å². The number of carbonyl (C=O) groups is 2. The summed E-state index contributed by atoms with van der Waals surface area (Å²) in [7, 11) is 0. The molecular weight excluding hydrogens is 344 g/mol. The van der Waals surface area contributed by atoms with Gasteiger partial charge in [0.05, 0.1) is 5.69 Å². The normalized spacial score (nSPS) is 14.9. The standard InChI is InChI=1S/C20H26N4O3/c1-16-14-18(22-27-16)15-23-10-12-24(13-11-23)19(25)8-5-9-21-20(26)17-6-3-2-4-7-17/h2-4,6-7,14H,5,8-13,15H2,1H3,(H,21,26). The highest BCUT2D eigenvalue weighted by Crippen LogP contribution is 2.10. The molecule has 2 aromatic rings. The van der Waals surface area contributed by atoms with E-state index >= 15 is 0 Å². The van der Waals surface area contributed by atoms with Gasteiger partial charge in [-0.25, -0.2) is 0 Å². The van der Waals surface area contributed by atoms with Gasteiger partial charge in [0, 0.05) is 57.3 Å². The molecule has 2 amide bonds. The Balaban J connectivity index is 1.32. The second kappa shape index (κ2) is 9.32. The van der Waals surface area contributed by atoms with E-state index in [9.17, 15) is 9.59 Å². The minimum absolute atomic E-state index is 0.0974. The Morgan fingerprint density at radius 3 is 2.56 bits per heavy atom. The maximum atomic E-state index is 12.3. The van der Waals surface area contributed by atoms with Crippen molar-refractivity contribution in [3.05, 3.63) is 53.4 Å². The molecule has 2 heterocycles. The lowest BCUT2D eigenvalue weighted by molar-refractivity contribution is -0.133. The summed E-state index contributed by atoms with van der Waals surface area (Å²) < 4.78 is 5.09. The van der Waals surface area contributed by atoms with Gasteiger partial charge in [-0.05, 0) is 25.5 Å². The van der Waals surface area contributed by atoms with Crippen LogP contribution >= 0.6 is 0 Å². The van der Waals surface area contributed by atoms with Crippen molar-refractivity contribution in [1.82, 2.24) is 20.3 Å². The van der Waals surface area contributed by atoms with Crippen LogP contribution in [-0.2, 0) is 11.3 Å². The highest BCUT2D eigenvalue weighted by atomic mass is 16.5. The Bertz CT molecular complexity index is 752. The van der Waals surface area contributed by atoms with Gasteiger partial charge in [0.1, 0.15) is 5.76 Å². The van der Waals surface area contributed by atoms with Crippen molar-refractivity contribution in [2.75, 3.05) is 32.7 Å². The van der Waals surface area contributed by atoms with Gasteiger partial charge in [-0.2, -0.15) is 0 Å². The number of nitrogens with zero attached hydrogens (tertiary/aromatic N) is 3. The summed E-state index contributed by atoms with van der Waals surface area (Å²) in [6, 6.07) is 11.0. The van der Waals surface area contributed by atoms with Gasteiger partial charge in [0.25, 0.3) is 5.91 Å². The summed E-state index contributed by atoms with van der Waals surface area (Å²) in [5, 5.41) is 6.88. The van der Waals surface area contributed by atoms with E-state index in [1.807, 2.05) is 36.1 Å². The quantitative estimate of drug-likeness (QED) is 0.753. The number of rotatable bonds is 7. The number of nitrogens with one attached hydrogen (secondary N) is 1. The predicted molar refractivity (Wildman–Crippen MR) is 101 cm³/mol. The molecule has 7 heteroatoms. The summed E-state index contributed by atoms with van der Waals surface area (Å²) in [6.45, 7) is 6.27. The molecule has 1 aliphatic heterocycles. The van der Waals surface area contributed by atoms with Crippen LogP contribution in [-0.4, -0.2) is 59.5 Å². The highest BCUT2D eigenvalue weighted by molar-refractivity contribution is 5.94. The molecule has 1 saturated heterocycles. The van der Waals surface area contributed by atoms with Crippen LogP contribution in [0.1, 0.15) is 34.7 Å². The van der Waals surface area contributed by atoms with Crippen LogP contribution in [0, 0.1) is 6.92 Å². The maximum absolute atomic E-state index is 12.3. The first-order chi connectivity index (χ1) is 13.1. The second-order valence-electron chi connectivity index (χ2n) is 6.81. The van der Waals surface area contributed by atoms with E-state index in [-0.39, 0.29) is 11.8 Å². The third-order valence-electron chi connectivity index (χ3n) is 4.68. The molecule has 0 atom stereocenters. The van der Waals surface area contributed by atoms with Crippen molar-refractivity contribution in [1.29, 1.82) is 0 Å². The topological polar surface area (TPSA) is 78.7 Å². The van der Waals surface area contributed by atoms with Crippen molar-refractivity contribution >= 4 is 11.8 Å². The molecule has 1 aromatic heterocycles. The van der Waals surface area contributed by atoms with Crippen LogP contribution < -0.4 is 5.32 Å². The van der Waals surface area contributed by atoms with E-state index in [1.54, 1.807) is 12.1 Å². The number of hydrogen-bond acceptors (Lipinski definition) is 5. The molecule has 1 fully saturated rings. The van der Waals surface area contributed by atoms with Crippen molar-refractivity contribution in [3.63, 3.8) is 0 Å². The lowest BCUT2D eigenvalue weighted by Gasteiger charge is -2.34. The van der Waals surface area contributed by atoms with Crippen LogP contribution in [0.15, 0.2) is 40.9 Å². The van der Waals surface area contributed by atoms with E-state index in [0.717, 1.165) is 44.2 Å². The summed E-state index contributed by atoms with van der Waals surface area (Å²) in [5.74, 6) is 0.874. The van der Waals surface area contributed by atoms with Gasteiger partial charge in [-0.1, -0.05) is 23.4 Å². The number of carbonyl (C=O) groups excluding carboxylic acids is 2. The molecule has 1 aliphatic rings. The summed E-state index contributed by atoms with van der Waals surface area (Å²) >= 11 is 0. The summed E-state index contributed by atoms with van der Waals surface area (Å²) in [6.07, 6.45) is 1.10. The largest absolute Gasteiger partial charge is 0.361 e. The Morgan fingerprint density at radius 1 is 1.15 bits per heavy atom. The second-order valence-corrected chi connectivity index (χ2v) is 6.81. The third-order valence-corrected chi connectivity index (χ3v) is 4.68. The number of amides is 2. The van der Waals surface area contributed by atoms with Crippen LogP contribution in [0.2, 0.25) is 0 Å². The van der Waals surface area contributed by atoms with E-state index in [2.05, 4.69) is 15.4 Å². The zero-order valence-corrected chi connectivity index (χ0v) is 15.7. The molecule has 0 aliphatic carbocycles. The SMILES string of the molecule is Cc1cc(CN2CCN(C(=O)CCCNC(=O)c3ccccc3)CC2)no1. The fourth-order valence-electron chi connectivity index (χ4n) is 3.17. The number of hydrogen-bond donors (Lipinski definition) is 1. The van der Waals surface area contributed by atoms with Gasteiger partial charge >= 0.3 is 0 Å². The minimum atomic E-state index is -0.0974. The highest BCUT2D eigenvalue weighted by Gasteiger charge is 2.21. The van der Waals surface area contributed by atoms with E-state index in [0.29, 0.717) is 24.9 Å². The molecule has 1 aromatic carbocycles. The zero-order chi connectivity index (χ0) is 19.1. The first-order valence-electron chi connectivity index (χ1n) is 9.37. The summed E-state index contributed by atoms with van der Waals surface area (Å²) in [4.78, 5) is 28.5. The number of benzene rings is 1. The fraction of sp³-hybridized carbons (Fsp3) is 0.450. The van der Waals surface area contributed by atoms with Crippen molar-refractivity contribution < 1.29 is 14.1 Å². The molecule has 7 nitrogen and oxygen atoms in total. The molecule has 27 heavy (non-hydrogen) atoms. The van der Waals surface area contributed by atoms with Crippen LogP contribution in [0.25, 0.3) is 0 Å². The predicted octanol–water partition coefficient (Wildman–Crippen LogP) is 1.84. The van der Waals surface area contributed by atoms with Crippen molar-refractivity contribution in [2.45, 2.75) is 26.3 Å². The molecular formula is C20H26N4O3. The summed E-state index contributed by atoms with van der Waals surface area (Å²) in [5.41, 5.74) is 1.57. The zero-order valence-electron chi connectivity index (χ0n) is 15.7. The Morgan fingerprint density at radius 2 is 1.89 bits per heavy atom. The molecule has 1 N–H and O–H groups in total. The van der Waals surface area contributed by atoms with Gasteiger partial charge < -0.3 is 14.7 Å². The molecule has 0 spiro atoms. The Kier molecular flexibility index (Phi) is 6.59. The van der Waals surface area contributed by atoms with Crippen LogP contribution in [0.3, 0.4) is 0 Å². The number of aryl methyl sites for hydroxylation is 1. The molecule has 3 rings (SSSR count). The maximum Gasteiger partial charge on any atom is 0.251 e. The molecule has 0 saturated carbocycles. The first kappa shape index (κ1) is 19.1. The lowest BCUT2D eigenvalue weighted by atomic mass is 10.2. The minimum Gasteiger partial charge on any atom is -0.361 e. The monoisotopic (exact) mass is 370 g/mol. The Hall–Kier alpha value is -2.67. The average Bonchev–Trinajstić information content (AvgIpc) is 3.10. The number of aromatic nitrogens is 1. The molecule has 0 unspecified atom stereocenters. The van der Waals surface area contributed by atoms with Gasteiger partial charge in [0.2, 0.25) is 5.91 Å². The molecule has 0 radical (unpaired) electrons. The lowest BCUT2D eigenvalue weighted by Crippen LogP contribution is -2.48. The first-order valence-corrected chi connectivity index (χ1v) is 9.37. The third kappa shape index (κ3) is 5.65.